The standard InChI is InChI=1S/C27H38ClN3O/c1-29-15-4-6-24(29)21-5-3-16-31(18-21)27-25(32)14-13-23(20-9-11-22(28)12-10-20)26(27)30(2)17-19-7-8-19/h3,5,9-12,18-19,23-27,32H,4,6-8,13-17H2,1-2H3/t23?,24?,25-,26?,27+/m1/s1. The molecule has 0 aromatic heterocycles. The number of aliphatic hydroxyl groups excluding tert-OH is 1. The van der Waals surface area contributed by atoms with Crippen molar-refractivity contribution < 1.29 is 5.11 Å². The van der Waals surface area contributed by atoms with Gasteiger partial charge in [0.1, 0.15) is 0 Å². The topological polar surface area (TPSA) is 30.0 Å². The summed E-state index contributed by atoms with van der Waals surface area (Å²) >= 11 is 6.21. The second kappa shape index (κ2) is 9.50. The van der Waals surface area contributed by atoms with E-state index in [1.54, 1.807) is 0 Å². The summed E-state index contributed by atoms with van der Waals surface area (Å²) in [6, 6.07) is 9.32. The van der Waals surface area contributed by atoms with E-state index >= 15 is 0 Å². The fourth-order valence-corrected chi connectivity index (χ4v) is 6.51. The van der Waals surface area contributed by atoms with Crippen molar-refractivity contribution in [1.29, 1.82) is 0 Å². The molecule has 2 saturated carbocycles. The molecule has 2 aliphatic heterocycles. The van der Waals surface area contributed by atoms with Gasteiger partial charge in [-0.05, 0) is 88.4 Å². The summed E-state index contributed by atoms with van der Waals surface area (Å²) in [5.74, 6) is 1.23. The Kier molecular flexibility index (Phi) is 6.67. The normalized spacial score (nSPS) is 33.7. The third-order valence-corrected chi connectivity index (χ3v) is 8.46. The van der Waals surface area contributed by atoms with Crippen molar-refractivity contribution in [2.45, 2.75) is 68.7 Å². The molecule has 2 heterocycles. The van der Waals surface area contributed by atoms with Gasteiger partial charge in [0.2, 0.25) is 0 Å². The SMILES string of the molecule is CN1CCCC1C1=CN([C@@H]2C(N(C)CC3CC3)C(c3ccc(Cl)cc3)CC[C@H]2O)CC=C1. The van der Waals surface area contributed by atoms with Gasteiger partial charge >= 0.3 is 0 Å². The second-order valence-electron chi connectivity index (χ2n) is 10.5. The van der Waals surface area contributed by atoms with Crippen LogP contribution in [0.2, 0.25) is 5.02 Å². The summed E-state index contributed by atoms with van der Waals surface area (Å²) in [5.41, 5.74) is 2.76. The van der Waals surface area contributed by atoms with Crippen molar-refractivity contribution >= 4 is 11.6 Å². The van der Waals surface area contributed by atoms with Crippen LogP contribution in [0, 0.1) is 5.92 Å². The zero-order valence-corrected chi connectivity index (χ0v) is 20.3. The Bertz CT molecular complexity index is 849. The quantitative estimate of drug-likeness (QED) is 0.683. The Balaban J connectivity index is 1.46. The van der Waals surface area contributed by atoms with Gasteiger partial charge in [0.15, 0.2) is 0 Å². The summed E-state index contributed by atoms with van der Waals surface area (Å²) in [6.45, 7) is 3.18. The molecule has 4 nitrogen and oxygen atoms in total. The summed E-state index contributed by atoms with van der Waals surface area (Å²) < 4.78 is 0. The number of nitrogens with zero attached hydrogens (tertiary/aromatic N) is 3. The molecule has 32 heavy (non-hydrogen) atoms. The molecule has 3 fully saturated rings. The van der Waals surface area contributed by atoms with Crippen LogP contribution in [-0.2, 0) is 0 Å². The zero-order chi connectivity index (χ0) is 22.2. The zero-order valence-electron chi connectivity index (χ0n) is 19.5. The molecule has 0 spiro atoms. The van der Waals surface area contributed by atoms with E-state index in [1.165, 1.54) is 43.4 Å². The van der Waals surface area contributed by atoms with E-state index in [1.807, 2.05) is 12.1 Å². The maximum absolute atomic E-state index is 11.3. The Hall–Kier alpha value is -1.33. The van der Waals surface area contributed by atoms with Crippen LogP contribution < -0.4 is 0 Å². The lowest BCUT2D eigenvalue weighted by Gasteiger charge is -2.50. The second-order valence-corrected chi connectivity index (χ2v) is 11.0. The molecule has 5 heteroatoms. The fraction of sp³-hybridized carbons (Fsp3) is 0.630. The van der Waals surface area contributed by atoms with Gasteiger partial charge in [-0.1, -0.05) is 35.9 Å². The van der Waals surface area contributed by atoms with E-state index < -0.39 is 0 Å². The third-order valence-electron chi connectivity index (χ3n) is 8.21. The number of hydrogen-bond donors (Lipinski definition) is 1. The van der Waals surface area contributed by atoms with Crippen molar-refractivity contribution in [2.24, 2.45) is 5.92 Å². The minimum atomic E-state index is -0.310. The number of hydrogen-bond acceptors (Lipinski definition) is 4. The van der Waals surface area contributed by atoms with Gasteiger partial charge in [0.25, 0.3) is 0 Å². The monoisotopic (exact) mass is 455 g/mol. The van der Waals surface area contributed by atoms with Gasteiger partial charge in [-0.15, -0.1) is 0 Å². The first-order valence-corrected chi connectivity index (χ1v) is 12.9. The van der Waals surface area contributed by atoms with Crippen LogP contribution in [0.3, 0.4) is 0 Å². The lowest BCUT2D eigenvalue weighted by atomic mass is 9.74. The number of rotatable bonds is 6. The number of halogens is 1. The minimum absolute atomic E-state index is 0.0971. The van der Waals surface area contributed by atoms with Crippen LogP contribution in [0.25, 0.3) is 0 Å². The Labute approximate surface area is 198 Å². The first-order chi connectivity index (χ1) is 15.5. The maximum atomic E-state index is 11.3. The highest BCUT2D eigenvalue weighted by Gasteiger charge is 2.45. The first-order valence-electron chi connectivity index (χ1n) is 12.5. The molecule has 5 atom stereocenters. The molecule has 0 radical (unpaired) electrons. The van der Waals surface area contributed by atoms with Crippen molar-refractivity contribution in [2.75, 3.05) is 33.7 Å². The maximum Gasteiger partial charge on any atom is 0.0759 e. The Morgan fingerprint density at radius 2 is 1.88 bits per heavy atom. The molecule has 1 N–H and O–H groups in total. The van der Waals surface area contributed by atoms with Gasteiger partial charge in [0, 0.05) is 42.3 Å². The molecule has 174 valence electrons. The van der Waals surface area contributed by atoms with E-state index in [-0.39, 0.29) is 18.2 Å². The highest BCUT2D eigenvalue weighted by Crippen LogP contribution is 2.41. The Morgan fingerprint density at radius 3 is 2.56 bits per heavy atom. The number of likely N-dealkylation sites (N-methyl/N-ethyl adjacent to an activating group) is 2. The molecular weight excluding hydrogens is 418 g/mol. The molecule has 5 rings (SSSR count). The lowest BCUT2D eigenvalue weighted by molar-refractivity contribution is -0.0209. The largest absolute Gasteiger partial charge is 0.391 e. The van der Waals surface area contributed by atoms with Gasteiger partial charge in [-0.3, -0.25) is 4.90 Å². The van der Waals surface area contributed by atoms with Crippen LogP contribution in [0.15, 0.2) is 48.2 Å². The predicted molar refractivity (Wildman–Crippen MR) is 132 cm³/mol. The lowest BCUT2D eigenvalue weighted by Crippen LogP contribution is -2.60. The van der Waals surface area contributed by atoms with Crippen molar-refractivity contribution in [3.05, 3.63) is 58.8 Å². The molecule has 0 bridgehead atoms. The van der Waals surface area contributed by atoms with Gasteiger partial charge in [-0.2, -0.15) is 0 Å². The molecule has 0 amide bonds. The van der Waals surface area contributed by atoms with E-state index in [2.05, 4.69) is 59.3 Å². The van der Waals surface area contributed by atoms with Crippen LogP contribution in [0.4, 0.5) is 0 Å². The van der Waals surface area contributed by atoms with E-state index in [9.17, 15) is 5.11 Å². The average molecular weight is 456 g/mol. The molecular formula is C27H38ClN3O. The molecule has 4 aliphatic rings. The highest BCUT2D eigenvalue weighted by atomic mass is 35.5. The smallest absolute Gasteiger partial charge is 0.0759 e. The Morgan fingerprint density at radius 1 is 1.09 bits per heavy atom. The number of aliphatic hydroxyl groups is 1. The number of likely N-dealkylation sites (tertiary alicyclic amines) is 1. The first kappa shape index (κ1) is 22.5. The molecule has 2 aliphatic carbocycles. The summed E-state index contributed by atoms with van der Waals surface area (Å²) in [7, 11) is 4.52. The van der Waals surface area contributed by atoms with Crippen molar-refractivity contribution in [1.82, 2.24) is 14.7 Å². The average Bonchev–Trinajstić information content (AvgIpc) is 3.50. The third kappa shape index (κ3) is 4.65. The van der Waals surface area contributed by atoms with Crippen LogP contribution in [-0.4, -0.2) is 77.8 Å². The summed E-state index contributed by atoms with van der Waals surface area (Å²) in [4.78, 5) is 7.50. The fourth-order valence-electron chi connectivity index (χ4n) is 6.38. The van der Waals surface area contributed by atoms with Crippen molar-refractivity contribution in [3.63, 3.8) is 0 Å². The molecule has 1 aromatic carbocycles. The number of benzene rings is 1. The summed E-state index contributed by atoms with van der Waals surface area (Å²) in [5, 5.41) is 12.1. The molecule has 1 aromatic rings. The van der Waals surface area contributed by atoms with Gasteiger partial charge in [0.05, 0.1) is 12.1 Å². The van der Waals surface area contributed by atoms with Crippen molar-refractivity contribution in [3.8, 4) is 0 Å². The van der Waals surface area contributed by atoms with Gasteiger partial charge in [-0.25, -0.2) is 0 Å². The molecule has 3 unspecified atom stereocenters. The van der Waals surface area contributed by atoms with Crippen LogP contribution >= 0.6 is 11.6 Å². The van der Waals surface area contributed by atoms with E-state index in [0.717, 1.165) is 36.9 Å². The van der Waals surface area contributed by atoms with E-state index in [0.29, 0.717) is 12.0 Å². The van der Waals surface area contributed by atoms with Crippen LogP contribution in [0.1, 0.15) is 50.0 Å². The van der Waals surface area contributed by atoms with E-state index in [4.69, 9.17) is 11.6 Å². The van der Waals surface area contributed by atoms with Crippen LogP contribution in [0.5, 0.6) is 0 Å². The predicted octanol–water partition coefficient (Wildman–Crippen LogP) is 4.51. The minimum Gasteiger partial charge on any atom is -0.391 e. The highest BCUT2D eigenvalue weighted by molar-refractivity contribution is 6.30. The molecule has 1 saturated heterocycles. The van der Waals surface area contributed by atoms with Gasteiger partial charge < -0.3 is 14.9 Å². The summed E-state index contributed by atoms with van der Waals surface area (Å²) in [6.07, 6.45) is 13.7.